The molecule has 3 rings (SSSR count). The third kappa shape index (κ3) is 6.95. The molecule has 0 heterocycles. The summed E-state index contributed by atoms with van der Waals surface area (Å²) in [5.74, 6) is -0.321. The number of carbonyl (C=O) groups excluding carboxylic acids is 1. The van der Waals surface area contributed by atoms with Gasteiger partial charge in [0.1, 0.15) is 16.4 Å². The molecule has 0 saturated carbocycles. The van der Waals surface area contributed by atoms with E-state index >= 15 is 0 Å². The van der Waals surface area contributed by atoms with Gasteiger partial charge in [0.05, 0.1) is 15.1 Å². The van der Waals surface area contributed by atoms with Crippen molar-refractivity contribution in [3.63, 3.8) is 0 Å². The van der Waals surface area contributed by atoms with Crippen molar-refractivity contribution in [1.82, 2.24) is 0 Å². The highest BCUT2D eigenvalue weighted by molar-refractivity contribution is 7.86. The van der Waals surface area contributed by atoms with Crippen LogP contribution in [0.15, 0.2) is 59.5 Å². The van der Waals surface area contributed by atoms with Gasteiger partial charge in [-0.15, -0.1) is 0 Å². The standard InChI is InChI=1S/C21H16Cl3N3O5S2/c1-11(28)25-12-2-4-13(5-3-12)26-21(33)27-14-6-7-18(17(24)8-14)32-19-9-15(22)16(23)10-20(19)34(29,30)31/h2-10H,1H3,(H,25,28)(H2,26,27,33)(H,29,30,31). The monoisotopic (exact) mass is 559 g/mol. The van der Waals surface area contributed by atoms with E-state index in [0.29, 0.717) is 17.1 Å². The number of hydrogen-bond acceptors (Lipinski definition) is 5. The third-order valence-corrected chi connectivity index (χ3v) is 6.23. The second kappa shape index (κ2) is 10.8. The second-order valence-electron chi connectivity index (χ2n) is 6.77. The average Bonchev–Trinajstić information content (AvgIpc) is 2.72. The minimum absolute atomic E-state index is 0.0278. The van der Waals surface area contributed by atoms with Crippen molar-refractivity contribution in [2.75, 3.05) is 16.0 Å². The third-order valence-electron chi connectivity index (χ3n) is 4.14. The van der Waals surface area contributed by atoms with Crippen molar-refractivity contribution >= 4 is 85.2 Å². The Kier molecular flexibility index (Phi) is 8.24. The molecular weight excluding hydrogens is 545 g/mol. The smallest absolute Gasteiger partial charge is 0.298 e. The average molecular weight is 561 g/mol. The Balaban J connectivity index is 1.72. The molecule has 13 heteroatoms. The number of amides is 1. The van der Waals surface area contributed by atoms with Gasteiger partial charge in [0.2, 0.25) is 5.91 Å². The summed E-state index contributed by atoms with van der Waals surface area (Å²) in [5, 5.41) is 8.97. The fraction of sp³-hybridized carbons (Fsp3) is 0.0476. The van der Waals surface area contributed by atoms with Crippen LogP contribution in [-0.2, 0) is 14.9 Å². The largest absolute Gasteiger partial charge is 0.454 e. The van der Waals surface area contributed by atoms with Crippen LogP contribution in [0.25, 0.3) is 0 Å². The predicted octanol–water partition coefficient (Wildman–Crippen LogP) is 6.45. The lowest BCUT2D eigenvalue weighted by Gasteiger charge is -2.14. The number of carbonyl (C=O) groups is 1. The first kappa shape index (κ1) is 26.0. The van der Waals surface area contributed by atoms with Crippen molar-refractivity contribution < 1.29 is 22.5 Å². The van der Waals surface area contributed by atoms with E-state index in [2.05, 4.69) is 16.0 Å². The molecule has 0 bridgehead atoms. The van der Waals surface area contributed by atoms with Crippen LogP contribution in [-0.4, -0.2) is 24.0 Å². The molecule has 178 valence electrons. The summed E-state index contributed by atoms with van der Waals surface area (Å²) in [6.07, 6.45) is 0. The number of ether oxygens (including phenoxy) is 1. The molecule has 0 fully saturated rings. The first-order valence-electron chi connectivity index (χ1n) is 9.32. The Labute approximate surface area is 215 Å². The van der Waals surface area contributed by atoms with Gasteiger partial charge in [-0.25, -0.2) is 0 Å². The summed E-state index contributed by atoms with van der Waals surface area (Å²) < 4.78 is 38.4. The number of halogens is 3. The zero-order chi connectivity index (χ0) is 25.0. The molecule has 8 nitrogen and oxygen atoms in total. The van der Waals surface area contributed by atoms with Crippen molar-refractivity contribution in [3.05, 3.63) is 69.7 Å². The van der Waals surface area contributed by atoms with E-state index in [4.69, 9.17) is 51.8 Å². The van der Waals surface area contributed by atoms with E-state index in [9.17, 15) is 17.8 Å². The summed E-state index contributed by atoms with van der Waals surface area (Å²) in [7, 11) is -4.64. The molecule has 4 N–H and O–H groups in total. The van der Waals surface area contributed by atoms with Crippen LogP contribution in [0.2, 0.25) is 15.1 Å². The summed E-state index contributed by atoms with van der Waals surface area (Å²) >= 11 is 23.4. The zero-order valence-corrected chi connectivity index (χ0v) is 21.1. The highest BCUT2D eigenvalue weighted by atomic mass is 35.5. The van der Waals surface area contributed by atoms with Crippen molar-refractivity contribution in [1.29, 1.82) is 0 Å². The second-order valence-corrected chi connectivity index (χ2v) is 9.79. The van der Waals surface area contributed by atoms with Crippen molar-refractivity contribution in [3.8, 4) is 11.5 Å². The summed E-state index contributed by atoms with van der Waals surface area (Å²) in [4.78, 5) is 10.5. The molecule has 0 saturated heterocycles. The molecule has 34 heavy (non-hydrogen) atoms. The van der Waals surface area contributed by atoms with Gasteiger partial charge in [-0.1, -0.05) is 34.8 Å². The molecule has 0 atom stereocenters. The Bertz CT molecular complexity index is 1370. The SMILES string of the molecule is CC(=O)Nc1ccc(NC(=S)Nc2ccc(Oc3cc(Cl)c(Cl)cc3S(=O)(=O)O)c(Cl)c2)cc1. The lowest BCUT2D eigenvalue weighted by Crippen LogP contribution is -2.19. The van der Waals surface area contributed by atoms with Gasteiger partial charge >= 0.3 is 0 Å². The van der Waals surface area contributed by atoms with Crippen LogP contribution in [0, 0.1) is 0 Å². The number of thiocarbonyl (C=S) groups is 1. The van der Waals surface area contributed by atoms with Gasteiger partial charge < -0.3 is 20.7 Å². The van der Waals surface area contributed by atoms with Crippen LogP contribution < -0.4 is 20.7 Å². The normalized spacial score (nSPS) is 11.0. The maximum absolute atomic E-state index is 11.7. The first-order chi connectivity index (χ1) is 15.9. The zero-order valence-electron chi connectivity index (χ0n) is 17.2. The van der Waals surface area contributed by atoms with Gasteiger partial charge in [0.15, 0.2) is 5.11 Å². The van der Waals surface area contributed by atoms with E-state index in [1.807, 2.05) is 0 Å². The van der Waals surface area contributed by atoms with Gasteiger partial charge in [0, 0.05) is 30.1 Å². The Morgan fingerprint density at radius 2 is 1.35 bits per heavy atom. The van der Waals surface area contributed by atoms with Crippen LogP contribution in [0.5, 0.6) is 11.5 Å². The van der Waals surface area contributed by atoms with E-state index < -0.39 is 15.0 Å². The molecule has 0 aliphatic rings. The van der Waals surface area contributed by atoms with Crippen molar-refractivity contribution in [2.45, 2.75) is 11.8 Å². The fourth-order valence-electron chi connectivity index (χ4n) is 2.71. The molecule has 0 radical (unpaired) electrons. The van der Waals surface area contributed by atoms with E-state index in [-0.39, 0.29) is 37.6 Å². The molecule has 1 amide bonds. The van der Waals surface area contributed by atoms with Crippen LogP contribution in [0.1, 0.15) is 6.92 Å². The topological polar surface area (TPSA) is 117 Å². The minimum atomic E-state index is -4.64. The van der Waals surface area contributed by atoms with Gasteiger partial charge in [-0.2, -0.15) is 8.42 Å². The number of hydrogen-bond donors (Lipinski definition) is 4. The molecule has 0 aromatic heterocycles. The van der Waals surface area contributed by atoms with Gasteiger partial charge in [-0.3, -0.25) is 9.35 Å². The quantitative estimate of drug-likeness (QED) is 0.201. The molecule has 0 spiro atoms. The Morgan fingerprint density at radius 3 is 1.91 bits per heavy atom. The molecule has 0 aliphatic heterocycles. The first-order valence-corrected chi connectivity index (χ1v) is 12.3. The molecule has 0 unspecified atom stereocenters. The van der Waals surface area contributed by atoms with Gasteiger partial charge in [0.25, 0.3) is 10.1 Å². The maximum Gasteiger partial charge on any atom is 0.298 e. The number of benzene rings is 3. The summed E-state index contributed by atoms with van der Waals surface area (Å²) in [6, 6.07) is 13.6. The van der Waals surface area contributed by atoms with Crippen LogP contribution in [0.4, 0.5) is 17.1 Å². The van der Waals surface area contributed by atoms with Crippen LogP contribution in [0.3, 0.4) is 0 Å². The summed E-state index contributed by atoms with van der Waals surface area (Å²) in [5.41, 5.74) is 1.86. The minimum Gasteiger partial charge on any atom is -0.454 e. The van der Waals surface area contributed by atoms with Gasteiger partial charge in [-0.05, 0) is 60.7 Å². The van der Waals surface area contributed by atoms with Crippen molar-refractivity contribution in [2.24, 2.45) is 0 Å². The maximum atomic E-state index is 11.7. The lowest BCUT2D eigenvalue weighted by atomic mass is 10.2. The van der Waals surface area contributed by atoms with Crippen LogP contribution >= 0.6 is 47.0 Å². The van der Waals surface area contributed by atoms with E-state index in [1.54, 1.807) is 30.3 Å². The molecule has 3 aromatic rings. The molecular formula is C21H16Cl3N3O5S2. The molecule has 0 aliphatic carbocycles. The summed E-state index contributed by atoms with van der Waals surface area (Å²) in [6.45, 7) is 1.42. The molecule has 3 aromatic carbocycles. The number of nitrogens with one attached hydrogen (secondary N) is 3. The highest BCUT2D eigenvalue weighted by Gasteiger charge is 2.21. The number of anilines is 3. The predicted molar refractivity (Wildman–Crippen MR) is 138 cm³/mol. The Hall–Kier alpha value is -2.60. The lowest BCUT2D eigenvalue weighted by molar-refractivity contribution is -0.114. The fourth-order valence-corrected chi connectivity index (χ4v) is 4.16. The highest BCUT2D eigenvalue weighted by Crippen LogP contribution is 2.38. The van der Waals surface area contributed by atoms with E-state index in [0.717, 1.165) is 12.1 Å². The number of rotatable bonds is 6. The Morgan fingerprint density at radius 1 is 0.824 bits per heavy atom. The van der Waals surface area contributed by atoms with E-state index in [1.165, 1.54) is 19.1 Å².